The summed E-state index contributed by atoms with van der Waals surface area (Å²) in [4.78, 5) is 18.1. The molecule has 7 heteroatoms. The van der Waals surface area contributed by atoms with E-state index in [1.807, 2.05) is 30.3 Å². The molecule has 0 saturated carbocycles. The summed E-state index contributed by atoms with van der Waals surface area (Å²) in [5.41, 5.74) is 0.462. The molecule has 0 atom stereocenters. The number of hydrogen-bond donors (Lipinski definition) is 1. The number of nitro groups is 1. The highest BCUT2D eigenvalue weighted by molar-refractivity contribution is 5.92. The van der Waals surface area contributed by atoms with Crippen molar-refractivity contribution in [1.82, 2.24) is 9.97 Å². The molecule has 0 aliphatic heterocycles. The Morgan fingerprint density at radius 2 is 1.90 bits per heavy atom. The number of rotatable bonds is 3. The van der Waals surface area contributed by atoms with Crippen LogP contribution in [0.25, 0.3) is 10.9 Å². The number of benzene rings is 2. The molecule has 104 valence electrons. The van der Waals surface area contributed by atoms with Gasteiger partial charge in [-0.2, -0.15) is 4.39 Å². The van der Waals surface area contributed by atoms with Gasteiger partial charge in [0.15, 0.2) is 0 Å². The van der Waals surface area contributed by atoms with E-state index in [9.17, 15) is 14.5 Å². The zero-order valence-corrected chi connectivity index (χ0v) is 10.7. The number of para-hydroxylation sites is 1. The Balaban J connectivity index is 2.14. The predicted molar refractivity (Wildman–Crippen MR) is 75.9 cm³/mol. The molecule has 0 unspecified atom stereocenters. The maximum absolute atomic E-state index is 13.6. The molecule has 1 heterocycles. The van der Waals surface area contributed by atoms with Gasteiger partial charge in [-0.25, -0.2) is 9.97 Å². The first-order valence-electron chi connectivity index (χ1n) is 6.06. The Labute approximate surface area is 118 Å². The van der Waals surface area contributed by atoms with Gasteiger partial charge in [0.1, 0.15) is 12.1 Å². The van der Waals surface area contributed by atoms with Gasteiger partial charge >= 0.3 is 5.69 Å². The zero-order valence-electron chi connectivity index (χ0n) is 10.7. The molecular formula is C14H9FN4O2. The van der Waals surface area contributed by atoms with Crippen molar-refractivity contribution in [1.29, 1.82) is 0 Å². The van der Waals surface area contributed by atoms with Crippen LogP contribution in [0, 0.1) is 15.9 Å². The fraction of sp³-hybridized carbons (Fsp3) is 0. The molecule has 0 saturated heterocycles. The van der Waals surface area contributed by atoms with Crippen molar-refractivity contribution < 1.29 is 9.31 Å². The standard InChI is InChI=1S/C14H9FN4O2/c15-11-7-12-10(6-13(11)19(20)21)14(17-8-16-12)18-9-4-2-1-3-5-9/h1-8H,(H,16,17,18). The highest BCUT2D eigenvalue weighted by Gasteiger charge is 2.17. The lowest BCUT2D eigenvalue weighted by Gasteiger charge is -2.08. The number of halogens is 1. The third-order valence-corrected chi connectivity index (χ3v) is 2.94. The minimum Gasteiger partial charge on any atom is -0.340 e. The SMILES string of the molecule is O=[N+]([O-])c1cc2c(Nc3ccccc3)ncnc2cc1F. The van der Waals surface area contributed by atoms with E-state index in [1.165, 1.54) is 6.33 Å². The van der Waals surface area contributed by atoms with Crippen LogP contribution < -0.4 is 5.32 Å². The van der Waals surface area contributed by atoms with E-state index in [1.54, 1.807) is 0 Å². The van der Waals surface area contributed by atoms with Gasteiger partial charge in [0, 0.05) is 17.8 Å². The number of nitrogens with zero attached hydrogens (tertiary/aromatic N) is 3. The van der Waals surface area contributed by atoms with Gasteiger partial charge in [0.2, 0.25) is 5.82 Å². The number of aromatic nitrogens is 2. The molecular weight excluding hydrogens is 275 g/mol. The minimum atomic E-state index is -0.920. The molecule has 21 heavy (non-hydrogen) atoms. The van der Waals surface area contributed by atoms with Gasteiger partial charge in [-0.1, -0.05) is 18.2 Å². The van der Waals surface area contributed by atoms with Gasteiger partial charge in [-0.15, -0.1) is 0 Å². The monoisotopic (exact) mass is 284 g/mol. The second-order valence-electron chi connectivity index (χ2n) is 4.29. The van der Waals surface area contributed by atoms with Crippen LogP contribution in [0.1, 0.15) is 0 Å². The molecule has 3 rings (SSSR count). The van der Waals surface area contributed by atoms with E-state index < -0.39 is 16.4 Å². The van der Waals surface area contributed by atoms with Crippen molar-refractivity contribution in [3.8, 4) is 0 Å². The largest absolute Gasteiger partial charge is 0.340 e. The van der Waals surface area contributed by atoms with Crippen LogP contribution >= 0.6 is 0 Å². The van der Waals surface area contributed by atoms with Gasteiger partial charge < -0.3 is 5.32 Å². The van der Waals surface area contributed by atoms with Crippen molar-refractivity contribution in [3.05, 3.63) is 64.7 Å². The summed E-state index contributed by atoms with van der Waals surface area (Å²) in [6, 6.07) is 11.4. The predicted octanol–water partition coefficient (Wildman–Crippen LogP) is 3.42. The van der Waals surface area contributed by atoms with E-state index >= 15 is 0 Å². The smallest absolute Gasteiger partial charge is 0.305 e. The molecule has 0 amide bonds. The lowest BCUT2D eigenvalue weighted by Crippen LogP contribution is -1.98. The van der Waals surface area contributed by atoms with Crippen LogP contribution in [0.15, 0.2) is 48.8 Å². The number of hydrogen-bond acceptors (Lipinski definition) is 5. The second kappa shape index (κ2) is 5.12. The van der Waals surface area contributed by atoms with E-state index in [0.29, 0.717) is 16.7 Å². The second-order valence-corrected chi connectivity index (χ2v) is 4.29. The van der Waals surface area contributed by atoms with Crippen molar-refractivity contribution in [2.45, 2.75) is 0 Å². The summed E-state index contributed by atoms with van der Waals surface area (Å²) in [6.07, 6.45) is 1.28. The third kappa shape index (κ3) is 2.48. The molecule has 3 aromatic rings. The van der Waals surface area contributed by atoms with Gasteiger partial charge in [0.05, 0.1) is 15.8 Å². The van der Waals surface area contributed by atoms with Crippen molar-refractivity contribution in [2.75, 3.05) is 5.32 Å². The van der Waals surface area contributed by atoms with E-state index in [0.717, 1.165) is 17.8 Å². The Kier molecular flexibility index (Phi) is 3.15. The van der Waals surface area contributed by atoms with Crippen LogP contribution in [0.5, 0.6) is 0 Å². The molecule has 6 nitrogen and oxygen atoms in total. The van der Waals surface area contributed by atoms with Crippen LogP contribution in [0.3, 0.4) is 0 Å². The van der Waals surface area contributed by atoms with Gasteiger partial charge in [-0.05, 0) is 12.1 Å². The summed E-state index contributed by atoms with van der Waals surface area (Å²) in [7, 11) is 0. The van der Waals surface area contributed by atoms with Crippen LogP contribution in [-0.2, 0) is 0 Å². The van der Waals surface area contributed by atoms with Gasteiger partial charge in [-0.3, -0.25) is 10.1 Å². The number of nitro benzene ring substituents is 1. The van der Waals surface area contributed by atoms with Crippen molar-refractivity contribution in [2.24, 2.45) is 0 Å². The van der Waals surface area contributed by atoms with Crippen molar-refractivity contribution in [3.63, 3.8) is 0 Å². The lowest BCUT2D eigenvalue weighted by atomic mass is 10.2. The Morgan fingerprint density at radius 3 is 2.62 bits per heavy atom. The average Bonchev–Trinajstić information content (AvgIpc) is 2.47. The third-order valence-electron chi connectivity index (χ3n) is 2.94. The molecule has 0 fully saturated rings. The number of anilines is 2. The number of fused-ring (bicyclic) bond motifs is 1. The Bertz CT molecular complexity index is 824. The summed E-state index contributed by atoms with van der Waals surface area (Å²) in [6.45, 7) is 0. The first-order chi connectivity index (χ1) is 10.1. The lowest BCUT2D eigenvalue weighted by molar-refractivity contribution is -0.387. The zero-order chi connectivity index (χ0) is 14.8. The minimum absolute atomic E-state index is 0.298. The maximum Gasteiger partial charge on any atom is 0.305 e. The van der Waals surface area contributed by atoms with Crippen LogP contribution in [-0.4, -0.2) is 14.9 Å². The average molecular weight is 284 g/mol. The molecule has 1 aromatic heterocycles. The molecule has 0 spiro atoms. The topological polar surface area (TPSA) is 81.0 Å². The van der Waals surface area contributed by atoms with E-state index in [2.05, 4.69) is 15.3 Å². The van der Waals surface area contributed by atoms with Crippen LogP contribution in [0.4, 0.5) is 21.6 Å². The highest BCUT2D eigenvalue weighted by Crippen LogP contribution is 2.28. The fourth-order valence-electron chi connectivity index (χ4n) is 1.96. The molecule has 0 aliphatic carbocycles. The van der Waals surface area contributed by atoms with Gasteiger partial charge in [0.25, 0.3) is 0 Å². The van der Waals surface area contributed by atoms with E-state index in [-0.39, 0.29) is 0 Å². The molecule has 2 aromatic carbocycles. The fourth-order valence-corrected chi connectivity index (χ4v) is 1.96. The quantitative estimate of drug-likeness (QED) is 0.588. The summed E-state index contributed by atoms with van der Waals surface area (Å²) in [5, 5.41) is 14.3. The Hall–Kier alpha value is -3.09. The molecule has 0 radical (unpaired) electrons. The Morgan fingerprint density at radius 1 is 1.14 bits per heavy atom. The first kappa shape index (κ1) is 12.9. The van der Waals surface area contributed by atoms with Crippen LogP contribution in [0.2, 0.25) is 0 Å². The van der Waals surface area contributed by atoms with Crippen molar-refractivity contribution >= 4 is 28.1 Å². The summed E-state index contributed by atoms with van der Waals surface area (Å²) in [5.74, 6) is -0.536. The number of nitrogens with one attached hydrogen (secondary N) is 1. The van der Waals surface area contributed by atoms with E-state index in [4.69, 9.17) is 0 Å². The maximum atomic E-state index is 13.6. The first-order valence-corrected chi connectivity index (χ1v) is 6.06. The molecule has 1 N–H and O–H groups in total. The summed E-state index contributed by atoms with van der Waals surface area (Å²) >= 11 is 0. The molecule has 0 aliphatic rings. The highest BCUT2D eigenvalue weighted by atomic mass is 19.1. The normalized spacial score (nSPS) is 10.5. The summed E-state index contributed by atoms with van der Waals surface area (Å²) < 4.78 is 13.6. The molecule has 0 bridgehead atoms.